The third-order valence-electron chi connectivity index (χ3n) is 2.37. The highest BCUT2D eigenvalue weighted by Crippen LogP contribution is 2.27. The Morgan fingerprint density at radius 1 is 1.38 bits per heavy atom. The Kier molecular flexibility index (Phi) is 4.31. The molecule has 9 heteroatoms. The van der Waals surface area contributed by atoms with Crippen LogP contribution >= 0.6 is 0 Å². The van der Waals surface area contributed by atoms with Gasteiger partial charge in [-0.1, -0.05) is 0 Å². The Bertz CT molecular complexity index is 645. The molecule has 0 atom stereocenters. The smallest absolute Gasteiger partial charge is 0.387 e. The number of ether oxygens (including phenoxy) is 1. The van der Waals surface area contributed by atoms with Crippen molar-refractivity contribution in [2.45, 2.75) is 6.61 Å². The number of hydrogen-bond acceptors (Lipinski definition) is 3. The van der Waals surface area contributed by atoms with Crippen LogP contribution in [0.3, 0.4) is 0 Å². The number of halogens is 3. The van der Waals surface area contributed by atoms with Gasteiger partial charge in [0.15, 0.2) is 5.75 Å². The van der Waals surface area contributed by atoms with Crippen LogP contribution in [0, 0.1) is 5.82 Å². The summed E-state index contributed by atoms with van der Waals surface area (Å²) in [7, 11) is 1.66. The molecule has 1 aromatic heterocycles. The highest BCUT2D eigenvalue weighted by Gasteiger charge is 2.13. The van der Waals surface area contributed by atoms with E-state index >= 15 is 0 Å². The number of alkyl halides is 2. The lowest BCUT2D eigenvalue weighted by Gasteiger charge is -2.12. The normalized spacial score (nSPS) is 10.5. The SMILES string of the molecule is Cn1cc(NC(=O)Nc2ccc(F)cc2OC(F)F)cn1. The number of aromatic nitrogens is 2. The van der Waals surface area contributed by atoms with E-state index in [1.165, 1.54) is 10.9 Å². The van der Waals surface area contributed by atoms with E-state index in [0.717, 1.165) is 18.2 Å². The molecule has 0 aliphatic rings. The Morgan fingerprint density at radius 3 is 2.76 bits per heavy atom. The van der Waals surface area contributed by atoms with Gasteiger partial charge in [0.1, 0.15) is 5.82 Å². The summed E-state index contributed by atoms with van der Waals surface area (Å²) >= 11 is 0. The fourth-order valence-corrected chi connectivity index (χ4v) is 1.56. The molecule has 0 saturated carbocycles. The second-order valence-corrected chi connectivity index (χ2v) is 4.00. The molecule has 1 heterocycles. The third kappa shape index (κ3) is 4.13. The summed E-state index contributed by atoms with van der Waals surface area (Å²) in [5.41, 5.74) is 0.325. The number of nitrogens with zero attached hydrogens (tertiary/aromatic N) is 2. The number of benzene rings is 1. The molecule has 0 radical (unpaired) electrons. The molecule has 21 heavy (non-hydrogen) atoms. The zero-order chi connectivity index (χ0) is 15.4. The van der Waals surface area contributed by atoms with Crippen LogP contribution in [0.2, 0.25) is 0 Å². The van der Waals surface area contributed by atoms with Gasteiger partial charge in [0, 0.05) is 19.3 Å². The van der Waals surface area contributed by atoms with Gasteiger partial charge in [-0.25, -0.2) is 9.18 Å². The molecule has 0 saturated heterocycles. The number of anilines is 2. The number of aryl methyl sites for hydroxylation is 1. The summed E-state index contributed by atoms with van der Waals surface area (Å²) < 4.78 is 43.1. The van der Waals surface area contributed by atoms with E-state index in [1.807, 2.05) is 0 Å². The molecule has 1 aromatic carbocycles. The van der Waals surface area contributed by atoms with Crippen molar-refractivity contribution in [2.24, 2.45) is 7.05 Å². The average molecular weight is 300 g/mol. The number of carbonyl (C=O) groups excluding carboxylic acids is 1. The molecular weight excluding hydrogens is 289 g/mol. The maximum Gasteiger partial charge on any atom is 0.387 e. The lowest BCUT2D eigenvalue weighted by molar-refractivity contribution is -0.0495. The monoisotopic (exact) mass is 300 g/mol. The minimum atomic E-state index is -3.13. The maximum atomic E-state index is 13.0. The second-order valence-electron chi connectivity index (χ2n) is 4.00. The van der Waals surface area contributed by atoms with Gasteiger partial charge in [-0.15, -0.1) is 0 Å². The van der Waals surface area contributed by atoms with Crippen molar-refractivity contribution in [3.05, 3.63) is 36.4 Å². The molecule has 0 fully saturated rings. The van der Waals surface area contributed by atoms with Gasteiger partial charge < -0.3 is 15.4 Å². The summed E-state index contributed by atoms with van der Waals surface area (Å²) in [6.07, 6.45) is 2.95. The molecule has 2 rings (SSSR count). The minimum Gasteiger partial charge on any atom is -0.432 e. The Balaban J connectivity index is 2.09. The van der Waals surface area contributed by atoms with Crippen LogP contribution in [0.5, 0.6) is 5.75 Å². The fraction of sp³-hybridized carbons (Fsp3) is 0.167. The van der Waals surface area contributed by atoms with Crippen LogP contribution < -0.4 is 15.4 Å². The highest BCUT2D eigenvalue weighted by atomic mass is 19.3. The number of rotatable bonds is 4. The summed E-state index contributed by atoms with van der Waals surface area (Å²) in [5, 5.41) is 8.57. The molecule has 112 valence electrons. The minimum absolute atomic E-state index is 0.0851. The lowest BCUT2D eigenvalue weighted by Crippen LogP contribution is -2.20. The highest BCUT2D eigenvalue weighted by molar-refractivity contribution is 6.00. The van der Waals surface area contributed by atoms with Crippen LogP contribution in [0.15, 0.2) is 30.6 Å². The van der Waals surface area contributed by atoms with Crippen molar-refractivity contribution in [1.29, 1.82) is 0 Å². The predicted molar refractivity (Wildman–Crippen MR) is 68.9 cm³/mol. The zero-order valence-corrected chi connectivity index (χ0v) is 10.8. The third-order valence-corrected chi connectivity index (χ3v) is 2.37. The molecule has 0 spiro atoms. The van der Waals surface area contributed by atoms with Gasteiger partial charge in [0.2, 0.25) is 0 Å². The van der Waals surface area contributed by atoms with Crippen molar-refractivity contribution >= 4 is 17.4 Å². The van der Waals surface area contributed by atoms with Gasteiger partial charge in [-0.3, -0.25) is 4.68 Å². The zero-order valence-electron chi connectivity index (χ0n) is 10.8. The topological polar surface area (TPSA) is 68.2 Å². The van der Waals surface area contributed by atoms with Gasteiger partial charge in [0.05, 0.1) is 17.6 Å². The van der Waals surface area contributed by atoms with Crippen LogP contribution in [0.1, 0.15) is 0 Å². The van der Waals surface area contributed by atoms with E-state index in [-0.39, 0.29) is 5.69 Å². The first-order chi connectivity index (χ1) is 9.94. The van der Waals surface area contributed by atoms with E-state index in [2.05, 4.69) is 20.5 Å². The van der Waals surface area contributed by atoms with Gasteiger partial charge >= 0.3 is 12.6 Å². The molecule has 0 bridgehead atoms. The standard InChI is InChI=1S/C12H11F3N4O2/c1-19-6-8(5-16-19)17-12(20)18-9-3-2-7(13)4-10(9)21-11(14)15/h2-6,11H,1H3,(H2,17,18,20). The summed E-state index contributed by atoms with van der Waals surface area (Å²) in [6, 6.07) is 2.19. The van der Waals surface area contributed by atoms with Crippen LogP contribution in [0.4, 0.5) is 29.3 Å². The largest absolute Gasteiger partial charge is 0.432 e. The van der Waals surface area contributed by atoms with E-state index in [4.69, 9.17) is 0 Å². The summed E-state index contributed by atoms with van der Waals surface area (Å²) in [4.78, 5) is 11.7. The first-order valence-electron chi connectivity index (χ1n) is 5.75. The lowest BCUT2D eigenvalue weighted by atomic mass is 10.3. The van der Waals surface area contributed by atoms with Crippen LogP contribution in [-0.4, -0.2) is 22.4 Å². The Labute approximate surface area is 117 Å². The molecule has 6 nitrogen and oxygen atoms in total. The first-order valence-corrected chi connectivity index (χ1v) is 5.75. The number of carbonyl (C=O) groups is 1. The Hall–Kier alpha value is -2.71. The van der Waals surface area contributed by atoms with Crippen LogP contribution in [0.25, 0.3) is 0 Å². The number of amides is 2. The molecule has 0 aliphatic heterocycles. The molecule has 0 aliphatic carbocycles. The van der Waals surface area contributed by atoms with E-state index < -0.39 is 24.2 Å². The Morgan fingerprint density at radius 2 is 2.14 bits per heavy atom. The molecule has 2 amide bonds. The molecule has 2 aromatic rings. The summed E-state index contributed by atoms with van der Waals surface area (Å²) in [6.45, 7) is -3.13. The first kappa shape index (κ1) is 14.7. The van der Waals surface area contributed by atoms with Crippen molar-refractivity contribution in [3.63, 3.8) is 0 Å². The van der Waals surface area contributed by atoms with Gasteiger partial charge in [0.25, 0.3) is 0 Å². The van der Waals surface area contributed by atoms with E-state index in [1.54, 1.807) is 13.2 Å². The van der Waals surface area contributed by atoms with Crippen molar-refractivity contribution in [1.82, 2.24) is 9.78 Å². The van der Waals surface area contributed by atoms with E-state index in [9.17, 15) is 18.0 Å². The molecule has 0 unspecified atom stereocenters. The van der Waals surface area contributed by atoms with E-state index in [0.29, 0.717) is 5.69 Å². The van der Waals surface area contributed by atoms with Crippen molar-refractivity contribution in [3.8, 4) is 5.75 Å². The molecular formula is C12H11F3N4O2. The molecule has 2 N–H and O–H groups in total. The number of urea groups is 1. The summed E-state index contributed by atoms with van der Waals surface area (Å²) in [5.74, 6) is -1.23. The van der Waals surface area contributed by atoms with Gasteiger partial charge in [-0.2, -0.15) is 13.9 Å². The fourth-order valence-electron chi connectivity index (χ4n) is 1.56. The second kappa shape index (κ2) is 6.16. The average Bonchev–Trinajstić information content (AvgIpc) is 2.77. The number of hydrogen-bond donors (Lipinski definition) is 2. The maximum absolute atomic E-state index is 13.0. The number of nitrogens with one attached hydrogen (secondary N) is 2. The van der Waals surface area contributed by atoms with Crippen molar-refractivity contribution < 1.29 is 22.7 Å². The van der Waals surface area contributed by atoms with Gasteiger partial charge in [-0.05, 0) is 12.1 Å². The van der Waals surface area contributed by atoms with Crippen molar-refractivity contribution in [2.75, 3.05) is 10.6 Å². The predicted octanol–water partition coefficient (Wildman–Crippen LogP) is 2.80. The van der Waals surface area contributed by atoms with Crippen LogP contribution in [-0.2, 0) is 7.05 Å². The quantitative estimate of drug-likeness (QED) is 0.912.